The molecular formula is C19H26N2. The second kappa shape index (κ2) is 7.37. The summed E-state index contributed by atoms with van der Waals surface area (Å²) in [6, 6.07) is 13.7. The van der Waals surface area contributed by atoms with Crippen LogP contribution in [0, 0.1) is 5.92 Å². The average Bonchev–Trinajstić information content (AvgIpc) is 2.48. The van der Waals surface area contributed by atoms with Crippen LogP contribution in [0.4, 0.5) is 0 Å². The molecule has 2 nitrogen and oxygen atoms in total. The third-order valence-corrected chi connectivity index (χ3v) is 3.81. The molecule has 2 heteroatoms. The van der Waals surface area contributed by atoms with E-state index in [4.69, 9.17) is 0 Å². The highest BCUT2D eigenvalue weighted by Gasteiger charge is 2.11. The zero-order valence-corrected chi connectivity index (χ0v) is 13.5. The standard InChI is InChI=1S/C19H26N2/c1-14(2)12-17-7-9-18(10-8-17)15(3)21-16(4)19-6-5-11-20-13-19/h5-11,13-16,21H,12H2,1-4H3/t15?,16-/m1/s1. The van der Waals surface area contributed by atoms with Crippen molar-refractivity contribution in [3.05, 3.63) is 65.5 Å². The molecule has 0 aliphatic carbocycles. The van der Waals surface area contributed by atoms with Gasteiger partial charge in [-0.25, -0.2) is 0 Å². The van der Waals surface area contributed by atoms with Gasteiger partial charge in [0.15, 0.2) is 0 Å². The SMILES string of the molecule is CC(C)Cc1ccc(C(C)N[C@H](C)c2cccnc2)cc1. The Kier molecular flexibility index (Phi) is 5.51. The largest absolute Gasteiger partial charge is 0.304 e. The maximum absolute atomic E-state index is 4.18. The zero-order valence-electron chi connectivity index (χ0n) is 13.5. The van der Waals surface area contributed by atoms with Crippen LogP contribution in [0.15, 0.2) is 48.8 Å². The summed E-state index contributed by atoms with van der Waals surface area (Å²) >= 11 is 0. The topological polar surface area (TPSA) is 24.9 Å². The van der Waals surface area contributed by atoms with Gasteiger partial charge in [-0.2, -0.15) is 0 Å². The average molecular weight is 282 g/mol. The molecular weight excluding hydrogens is 256 g/mol. The monoisotopic (exact) mass is 282 g/mol. The first-order valence-corrected chi connectivity index (χ1v) is 7.81. The van der Waals surface area contributed by atoms with Crippen LogP contribution in [-0.2, 0) is 6.42 Å². The molecule has 1 N–H and O–H groups in total. The molecule has 112 valence electrons. The lowest BCUT2D eigenvalue weighted by Crippen LogP contribution is -2.22. The molecule has 0 fully saturated rings. The summed E-state index contributed by atoms with van der Waals surface area (Å²) in [6.07, 6.45) is 4.89. The predicted octanol–water partition coefficient (Wildman–Crippen LogP) is 4.69. The molecule has 0 saturated heterocycles. The number of benzene rings is 1. The number of rotatable bonds is 6. The molecule has 2 atom stereocenters. The molecule has 0 radical (unpaired) electrons. The molecule has 1 heterocycles. The lowest BCUT2D eigenvalue weighted by atomic mass is 9.99. The van der Waals surface area contributed by atoms with Gasteiger partial charge in [0.05, 0.1) is 0 Å². The van der Waals surface area contributed by atoms with Crippen LogP contribution >= 0.6 is 0 Å². The highest BCUT2D eigenvalue weighted by molar-refractivity contribution is 5.25. The Bertz CT molecular complexity index is 531. The quantitative estimate of drug-likeness (QED) is 0.831. The Labute approximate surface area is 128 Å². The molecule has 21 heavy (non-hydrogen) atoms. The van der Waals surface area contributed by atoms with E-state index in [2.05, 4.69) is 68.3 Å². The number of aromatic nitrogens is 1. The molecule has 0 aliphatic heterocycles. The molecule has 0 bridgehead atoms. The van der Waals surface area contributed by atoms with Crippen molar-refractivity contribution in [3.8, 4) is 0 Å². The summed E-state index contributed by atoms with van der Waals surface area (Å²) < 4.78 is 0. The van der Waals surface area contributed by atoms with E-state index < -0.39 is 0 Å². The Hall–Kier alpha value is -1.67. The highest BCUT2D eigenvalue weighted by atomic mass is 14.9. The van der Waals surface area contributed by atoms with Gasteiger partial charge in [-0.1, -0.05) is 44.2 Å². The molecule has 2 aromatic rings. The third-order valence-electron chi connectivity index (χ3n) is 3.81. The van der Waals surface area contributed by atoms with E-state index in [1.807, 2.05) is 18.5 Å². The van der Waals surface area contributed by atoms with Crippen LogP contribution in [-0.4, -0.2) is 4.98 Å². The van der Waals surface area contributed by atoms with Crippen molar-refractivity contribution >= 4 is 0 Å². The van der Waals surface area contributed by atoms with Crippen molar-refractivity contribution in [3.63, 3.8) is 0 Å². The molecule has 2 rings (SSSR count). The van der Waals surface area contributed by atoms with Gasteiger partial charge in [0.1, 0.15) is 0 Å². The van der Waals surface area contributed by atoms with E-state index in [0.29, 0.717) is 18.0 Å². The number of nitrogens with one attached hydrogen (secondary N) is 1. The van der Waals surface area contributed by atoms with E-state index in [9.17, 15) is 0 Å². The Morgan fingerprint density at radius 1 is 0.905 bits per heavy atom. The van der Waals surface area contributed by atoms with E-state index in [-0.39, 0.29) is 0 Å². The molecule has 0 spiro atoms. The summed E-state index contributed by atoms with van der Waals surface area (Å²) in [5, 5.41) is 3.63. The molecule has 0 saturated carbocycles. The fourth-order valence-electron chi connectivity index (χ4n) is 2.61. The van der Waals surface area contributed by atoms with Crippen molar-refractivity contribution in [2.75, 3.05) is 0 Å². The van der Waals surface area contributed by atoms with Crippen LogP contribution in [0.3, 0.4) is 0 Å². The van der Waals surface area contributed by atoms with Gasteiger partial charge in [0, 0.05) is 24.5 Å². The van der Waals surface area contributed by atoms with E-state index >= 15 is 0 Å². The van der Waals surface area contributed by atoms with Crippen LogP contribution in [0.1, 0.15) is 56.5 Å². The molecule has 0 amide bonds. The minimum atomic E-state index is 0.295. The summed E-state index contributed by atoms with van der Waals surface area (Å²) in [5.74, 6) is 0.706. The van der Waals surface area contributed by atoms with Gasteiger partial charge in [-0.15, -0.1) is 0 Å². The normalized spacial score (nSPS) is 14.1. The Morgan fingerprint density at radius 2 is 1.57 bits per heavy atom. The number of hydrogen-bond acceptors (Lipinski definition) is 2. The first-order chi connectivity index (χ1) is 10.1. The second-order valence-corrected chi connectivity index (χ2v) is 6.24. The smallest absolute Gasteiger partial charge is 0.0315 e. The van der Waals surface area contributed by atoms with Crippen LogP contribution in [0.2, 0.25) is 0 Å². The summed E-state index contributed by atoms with van der Waals surface area (Å²) in [4.78, 5) is 4.18. The van der Waals surface area contributed by atoms with Crippen LogP contribution in [0.5, 0.6) is 0 Å². The van der Waals surface area contributed by atoms with Crippen LogP contribution < -0.4 is 5.32 Å². The first kappa shape index (κ1) is 15.7. The summed E-state index contributed by atoms with van der Waals surface area (Å²) in [5.41, 5.74) is 3.97. The summed E-state index contributed by atoms with van der Waals surface area (Å²) in [7, 11) is 0. The van der Waals surface area contributed by atoms with Gasteiger partial charge < -0.3 is 5.32 Å². The van der Waals surface area contributed by atoms with Crippen molar-refractivity contribution in [1.82, 2.24) is 10.3 Å². The Balaban J connectivity index is 1.98. The fraction of sp³-hybridized carbons (Fsp3) is 0.421. The van der Waals surface area contributed by atoms with Crippen molar-refractivity contribution < 1.29 is 0 Å². The Morgan fingerprint density at radius 3 is 2.14 bits per heavy atom. The van der Waals surface area contributed by atoms with Gasteiger partial charge >= 0.3 is 0 Å². The zero-order chi connectivity index (χ0) is 15.2. The first-order valence-electron chi connectivity index (χ1n) is 7.81. The highest BCUT2D eigenvalue weighted by Crippen LogP contribution is 2.20. The lowest BCUT2D eigenvalue weighted by Gasteiger charge is -2.21. The predicted molar refractivity (Wildman–Crippen MR) is 89.2 cm³/mol. The lowest BCUT2D eigenvalue weighted by molar-refractivity contribution is 0.493. The van der Waals surface area contributed by atoms with Crippen molar-refractivity contribution in [1.29, 1.82) is 0 Å². The molecule has 0 aliphatic rings. The summed E-state index contributed by atoms with van der Waals surface area (Å²) in [6.45, 7) is 8.91. The van der Waals surface area contributed by atoms with Crippen LogP contribution in [0.25, 0.3) is 0 Å². The van der Waals surface area contributed by atoms with Gasteiger partial charge in [0.25, 0.3) is 0 Å². The van der Waals surface area contributed by atoms with Crippen molar-refractivity contribution in [2.45, 2.75) is 46.2 Å². The number of pyridine rings is 1. The molecule has 1 aromatic carbocycles. The second-order valence-electron chi connectivity index (χ2n) is 6.24. The maximum atomic E-state index is 4.18. The van der Waals surface area contributed by atoms with Crippen molar-refractivity contribution in [2.24, 2.45) is 5.92 Å². The minimum Gasteiger partial charge on any atom is -0.304 e. The van der Waals surface area contributed by atoms with Gasteiger partial charge in [-0.3, -0.25) is 4.98 Å². The van der Waals surface area contributed by atoms with Gasteiger partial charge in [-0.05, 0) is 48.9 Å². The van der Waals surface area contributed by atoms with E-state index in [1.54, 1.807) is 0 Å². The molecule has 1 unspecified atom stereocenters. The van der Waals surface area contributed by atoms with E-state index in [1.165, 1.54) is 16.7 Å². The van der Waals surface area contributed by atoms with Gasteiger partial charge in [0.2, 0.25) is 0 Å². The molecule has 1 aromatic heterocycles. The maximum Gasteiger partial charge on any atom is 0.0315 e. The number of nitrogens with zero attached hydrogens (tertiary/aromatic N) is 1. The number of hydrogen-bond donors (Lipinski definition) is 1. The fourth-order valence-corrected chi connectivity index (χ4v) is 2.61. The minimum absolute atomic E-state index is 0.295. The van der Waals surface area contributed by atoms with E-state index in [0.717, 1.165) is 6.42 Å². The third kappa shape index (κ3) is 4.68.